The number of aryl methyl sites for hydroxylation is 1. The SMILES string of the molecule is CCCCCN(C(=O)c1nc(OCC)ccc1Cl)c1nc(C)c(C(=O)OCC)s1. The molecule has 0 aliphatic carbocycles. The van der Waals surface area contributed by atoms with E-state index < -0.39 is 5.97 Å². The van der Waals surface area contributed by atoms with E-state index in [2.05, 4.69) is 16.9 Å². The lowest BCUT2D eigenvalue weighted by atomic mass is 10.2. The van der Waals surface area contributed by atoms with Crippen LogP contribution in [0.5, 0.6) is 5.88 Å². The Bertz CT molecular complexity index is 856. The van der Waals surface area contributed by atoms with E-state index in [-0.39, 0.29) is 23.2 Å². The van der Waals surface area contributed by atoms with Gasteiger partial charge in [-0.3, -0.25) is 9.69 Å². The molecule has 0 bridgehead atoms. The second kappa shape index (κ2) is 11.1. The zero-order valence-electron chi connectivity index (χ0n) is 17.2. The van der Waals surface area contributed by atoms with Gasteiger partial charge in [0.15, 0.2) is 10.8 Å². The molecule has 0 unspecified atom stereocenters. The fourth-order valence-electron chi connectivity index (χ4n) is 2.62. The number of amides is 1. The number of unbranched alkanes of at least 4 members (excludes halogenated alkanes) is 2. The van der Waals surface area contributed by atoms with Crippen LogP contribution in [0.3, 0.4) is 0 Å². The summed E-state index contributed by atoms with van der Waals surface area (Å²) in [5.41, 5.74) is 0.624. The van der Waals surface area contributed by atoms with Gasteiger partial charge in [0.2, 0.25) is 5.88 Å². The second-order valence-electron chi connectivity index (χ2n) is 6.21. The zero-order valence-corrected chi connectivity index (χ0v) is 18.7. The Balaban J connectivity index is 2.40. The fourth-order valence-corrected chi connectivity index (χ4v) is 3.79. The molecule has 0 atom stereocenters. The largest absolute Gasteiger partial charge is 0.478 e. The van der Waals surface area contributed by atoms with Crippen molar-refractivity contribution in [2.24, 2.45) is 0 Å². The summed E-state index contributed by atoms with van der Waals surface area (Å²) >= 11 is 7.39. The van der Waals surface area contributed by atoms with E-state index in [1.807, 2.05) is 6.92 Å². The molecule has 0 saturated carbocycles. The minimum Gasteiger partial charge on any atom is -0.478 e. The first-order valence-corrected chi connectivity index (χ1v) is 10.9. The second-order valence-corrected chi connectivity index (χ2v) is 7.59. The Kier molecular flexibility index (Phi) is 8.85. The average Bonchev–Trinajstić information content (AvgIpc) is 3.08. The summed E-state index contributed by atoms with van der Waals surface area (Å²) < 4.78 is 10.5. The smallest absolute Gasteiger partial charge is 0.350 e. The highest BCUT2D eigenvalue weighted by molar-refractivity contribution is 7.17. The summed E-state index contributed by atoms with van der Waals surface area (Å²) in [4.78, 5) is 36.1. The van der Waals surface area contributed by atoms with Gasteiger partial charge in [-0.1, -0.05) is 42.7 Å². The zero-order chi connectivity index (χ0) is 21.4. The van der Waals surface area contributed by atoms with Gasteiger partial charge in [-0.25, -0.2) is 14.8 Å². The molecule has 2 aromatic heterocycles. The van der Waals surface area contributed by atoms with Gasteiger partial charge in [-0.2, -0.15) is 0 Å². The third-order valence-corrected chi connectivity index (χ3v) is 5.49. The van der Waals surface area contributed by atoms with Gasteiger partial charge in [0.25, 0.3) is 5.91 Å². The van der Waals surface area contributed by atoms with Crippen molar-refractivity contribution in [1.82, 2.24) is 9.97 Å². The molecule has 0 fully saturated rings. The average molecular weight is 440 g/mol. The lowest BCUT2D eigenvalue weighted by molar-refractivity contribution is 0.0531. The molecule has 0 aliphatic rings. The first-order chi connectivity index (χ1) is 13.9. The highest BCUT2D eigenvalue weighted by Gasteiger charge is 2.27. The molecule has 1 amide bonds. The van der Waals surface area contributed by atoms with E-state index in [0.717, 1.165) is 30.6 Å². The van der Waals surface area contributed by atoms with Crippen LogP contribution in [0, 0.1) is 6.92 Å². The highest BCUT2D eigenvalue weighted by Crippen LogP contribution is 2.30. The summed E-state index contributed by atoms with van der Waals surface area (Å²) in [7, 11) is 0. The van der Waals surface area contributed by atoms with Crippen molar-refractivity contribution in [3.8, 4) is 5.88 Å². The lowest BCUT2D eigenvalue weighted by Crippen LogP contribution is -2.33. The molecule has 9 heteroatoms. The van der Waals surface area contributed by atoms with Crippen LogP contribution >= 0.6 is 22.9 Å². The number of rotatable bonds is 10. The molecule has 2 heterocycles. The van der Waals surface area contributed by atoms with E-state index >= 15 is 0 Å². The maximum atomic E-state index is 13.3. The molecule has 7 nitrogen and oxygen atoms in total. The fraction of sp³-hybridized carbons (Fsp3) is 0.500. The number of carbonyl (C=O) groups excluding carboxylic acids is 2. The van der Waals surface area contributed by atoms with Crippen molar-refractivity contribution in [2.45, 2.75) is 47.0 Å². The highest BCUT2D eigenvalue weighted by atomic mass is 35.5. The van der Waals surface area contributed by atoms with Crippen molar-refractivity contribution in [3.63, 3.8) is 0 Å². The van der Waals surface area contributed by atoms with Crippen LogP contribution in [0.4, 0.5) is 5.13 Å². The van der Waals surface area contributed by atoms with Crippen LogP contribution in [0.15, 0.2) is 12.1 Å². The molecule has 0 saturated heterocycles. The van der Waals surface area contributed by atoms with Gasteiger partial charge in [-0.05, 0) is 33.3 Å². The predicted octanol–water partition coefficient (Wildman–Crippen LogP) is 4.91. The first-order valence-electron chi connectivity index (χ1n) is 9.68. The number of hydrogen-bond acceptors (Lipinski definition) is 7. The topological polar surface area (TPSA) is 81.6 Å². The Morgan fingerprint density at radius 2 is 1.90 bits per heavy atom. The van der Waals surface area contributed by atoms with Gasteiger partial charge in [0.05, 0.1) is 23.9 Å². The number of hydrogen-bond donors (Lipinski definition) is 0. The summed E-state index contributed by atoms with van der Waals surface area (Å²) in [5, 5.41) is 0.657. The van der Waals surface area contributed by atoms with Crippen molar-refractivity contribution >= 4 is 39.9 Å². The molecule has 0 spiro atoms. The van der Waals surface area contributed by atoms with Crippen LogP contribution < -0.4 is 9.64 Å². The third kappa shape index (κ3) is 5.90. The standard InChI is InChI=1S/C20H26ClN3O4S/c1-5-8-9-12-24(20-22-13(4)17(29-20)19(26)28-7-3)18(25)16-14(21)10-11-15(23-16)27-6-2/h10-11H,5-9,12H2,1-4H3. The number of aromatic nitrogens is 2. The molecule has 158 valence electrons. The normalized spacial score (nSPS) is 10.7. The Morgan fingerprint density at radius 1 is 1.14 bits per heavy atom. The quantitative estimate of drug-likeness (QED) is 0.386. The van der Waals surface area contributed by atoms with Crippen LogP contribution in [0.25, 0.3) is 0 Å². The minimum absolute atomic E-state index is 0.0969. The number of esters is 1. The summed E-state index contributed by atoms with van der Waals surface area (Å²) in [5.74, 6) is -0.489. The van der Waals surface area contributed by atoms with Crippen molar-refractivity contribution in [1.29, 1.82) is 0 Å². The van der Waals surface area contributed by atoms with E-state index in [0.29, 0.717) is 34.7 Å². The van der Waals surface area contributed by atoms with E-state index in [4.69, 9.17) is 21.1 Å². The Hall–Kier alpha value is -2.19. The number of anilines is 1. The molecule has 0 N–H and O–H groups in total. The van der Waals surface area contributed by atoms with Crippen molar-refractivity contribution < 1.29 is 19.1 Å². The molecule has 0 aliphatic heterocycles. The molecule has 29 heavy (non-hydrogen) atoms. The third-order valence-electron chi connectivity index (χ3n) is 4.02. The van der Waals surface area contributed by atoms with E-state index in [9.17, 15) is 9.59 Å². The van der Waals surface area contributed by atoms with Crippen molar-refractivity contribution in [3.05, 3.63) is 33.4 Å². The van der Waals surface area contributed by atoms with Crippen LogP contribution in [-0.2, 0) is 4.74 Å². The summed E-state index contributed by atoms with van der Waals surface area (Å²) in [6.07, 6.45) is 2.75. The number of pyridine rings is 1. The van der Waals surface area contributed by atoms with Gasteiger partial charge < -0.3 is 9.47 Å². The maximum Gasteiger partial charge on any atom is 0.350 e. The Labute approximate surface area is 180 Å². The number of halogens is 1. The van der Waals surface area contributed by atoms with Gasteiger partial charge >= 0.3 is 5.97 Å². The van der Waals surface area contributed by atoms with Gasteiger partial charge in [0, 0.05) is 12.6 Å². The number of thiazole rings is 1. The monoisotopic (exact) mass is 439 g/mol. The number of ether oxygens (including phenoxy) is 2. The summed E-state index contributed by atoms with van der Waals surface area (Å²) in [6.45, 7) is 8.54. The predicted molar refractivity (Wildman–Crippen MR) is 114 cm³/mol. The molecule has 0 radical (unpaired) electrons. The van der Waals surface area contributed by atoms with Crippen LogP contribution in [-0.4, -0.2) is 41.6 Å². The maximum absolute atomic E-state index is 13.3. The molecular formula is C20H26ClN3O4S. The number of nitrogens with zero attached hydrogens (tertiary/aromatic N) is 3. The van der Waals surface area contributed by atoms with Gasteiger partial charge in [0.1, 0.15) is 4.88 Å². The number of carbonyl (C=O) groups is 2. The van der Waals surface area contributed by atoms with Crippen LogP contribution in [0.1, 0.15) is 65.9 Å². The summed E-state index contributed by atoms with van der Waals surface area (Å²) in [6, 6.07) is 3.21. The molecule has 2 aromatic rings. The minimum atomic E-state index is -0.441. The van der Waals surface area contributed by atoms with E-state index in [1.54, 1.807) is 26.0 Å². The van der Waals surface area contributed by atoms with Crippen LogP contribution in [0.2, 0.25) is 5.02 Å². The molecule has 2 rings (SSSR count). The Morgan fingerprint density at radius 3 is 2.55 bits per heavy atom. The first kappa shape index (κ1) is 23.1. The van der Waals surface area contributed by atoms with E-state index in [1.165, 1.54) is 4.90 Å². The molecular weight excluding hydrogens is 414 g/mol. The van der Waals surface area contributed by atoms with Crippen molar-refractivity contribution in [2.75, 3.05) is 24.7 Å². The van der Waals surface area contributed by atoms with Gasteiger partial charge in [-0.15, -0.1) is 0 Å². The molecule has 0 aromatic carbocycles. The lowest BCUT2D eigenvalue weighted by Gasteiger charge is -2.20.